The van der Waals surface area contributed by atoms with E-state index in [1.807, 2.05) is 0 Å². The van der Waals surface area contributed by atoms with Gasteiger partial charge in [0.15, 0.2) is 24.4 Å². The van der Waals surface area contributed by atoms with E-state index in [4.69, 9.17) is 56.2 Å². The molecule has 28 heavy (non-hydrogen) atoms. The van der Waals surface area contributed by atoms with Gasteiger partial charge < -0.3 is 56.2 Å². The second-order valence-electron chi connectivity index (χ2n) is 5.42. The smallest absolute Gasteiger partial charge is 0.335 e. The summed E-state index contributed by atoms with van der Waals surface area (Å²) in [6.45, 7) is 1.06. The van der Waals surface area contributed by atoms with E-state index in [1.54, 1.807) is 6.92 Å². The molecule has 0 aliphatic heterocycles. The molecule has 0 aromatic carbocycles. The lowest BCUT2D eigenvalue weighted by Gasteiger charge is -2.20. The molecule has 4 atom stereocenters. The van der Waals surface area contributed by atoms with E-state index < -0.39 is 53.7 Å². The Labute approximate surface area is 157 Å². The van der Waals surface area contributed by atoms with Crippen LogP contribution in [0.3, 0.4) is 0 Å². The Morgan fingerprint density at radius 3 is 0.750 bits per heavy atom. The molecule has 0 saturated carbocycles. The molecular weight excluding hydrogens is 396 g/mol. The maximum absolute atomic E-state index is 9.77. The van der Waals surface area contributed by atoms with Crippen LogP contribution in [0.5, 0.6) is 0 Å². The summed E-state index contributed by atoms with van der Waals surface area (Å²) < 4.78 is 0. The maximum atomic E-state index is 9.77. The molecule has 4 unspecified atom stereocenters. The Morgan fingerprint density at radius 1 is 0.571 bits per heavy atom. The average molecular weight is 420 g/mol. The highest BCUT2D eigenvalue weighted by molar-refractivity contribution is 5.83. The molecule has 0 aliphatic carbocycles. The van der Waals surface area contributed by atoms with Crippen LogP contribution in [0.15, 0.2) is 0 Å². The first kappa shape index (κ1) is 30.3. The summed E-state index contributed by atoms with van der Waals surface area (Å²) in [4.78, 5) is 39.1. The lowest BCUT2D eigenvalue weighted by atomic mass is 9.95. The van der Waals surface area contributed by atoms with Gasteiger partial charge in [-0.3, -0.25) is 0 Å². The van der Waals surface area contributed by atoms with E-state index in [0.29, 0.717) is 0 Å². The maximum Gasteiger partial charge on any atom is 0.335 e. The van der Waals surface area contributed by atoms with Crippen LogP contribution in [0.1, 0.15) is 6.92 Å². The van der Waals surface area contributed by atoms with Crippen molar-refractivity contribution in [1.29, 1.82) is 0 Å². The predicted molar refractivity (Wildman–Crippen MR) is 83.9 cm³/mol. The molecule has 15 nitrogen and oxygen atoms in total. The van der Waals surface area contributed by atoms with Crippen molar-refractivity contribution in [2.75, 3.05) is 19.8 Å². The van der Waals surface area contributed by atoms with E-state index in [-0.39, 0.29) is 19.8 Å². The number of carboxylic acid groups (broad SMARTS) is 4. The summed E-state index contributed by atoms with van der Waals surface area (Å²) in [5.74, 6) is -7.07. The first-order valence-electron chi connectivity index (χ1n) is 7.07. The first-order valence-corrected chi connectivity index (χ1v) is 7.07. The lowest BCUT2D eigenvalue weighted by Crippen LogP contribution is -2.39. The van der Waals surface area contributed by atoms with E-state index in [2.05, 4.69) is 0 Å². The number of carboxylic acids is 4. The number of aliphatic carboxylic acids is 4. The Morgan fingerprint density at radius 2 is 0.714 bits per heavy atom. The fraction of sp³-hybridized carbons (Fsp3) is 0.692. The molecule has 0 saturated heterocycles. The van der Waals surface area contributed by atoms with Crippen molar-refractivity contribution in [2.45, 2.75) is 31.3 Å². The summed E-state index contributed by atoms with van der Waals surface area (Å²) in [5, 5.41) is 90.4. The molecule has 11 N–H and O–H groups in total. The molecular formula is C13H24O15. The van der Waals surface area contributed by atoms with Gasteiger partial charge in [0.2, 0.25) is 0 Å². The van der Waals surface area contributed by atoms with Gasteiger partial charge in [-0.15, -0.1) is 0 Å². The molecule has 0 rings (SSSR count). The van der Waals surface area contributed by atoms with Gasteiger partial charge in [-0.05, 0) is 0 Å². The molecule has 0 radical (unpaired) electrons. The van der Waals surface area contributed by atoms with Crippen molar-refractivity contribution in [3.63, 3.8) is 0 Å². The molecule has 0 bridgehead atoms. The highest BCUT2D eigenvalue weighted by Gasteiger charge is 2.30. The summed E-state index contributed by atoms with van der Waals surface area (Å²) in [6, 6.07) is 0. The van der Waals surface area contributed by atoms with E-state index in [1.165, 1.54) is 0 Å². The van der Waals surface area contributed by atoms with Crippen LogP contribution in [-0.4, -0.2) is 124 Å². The van der Waals surface area contributed by atoms with Gasteiger partial charge in [0.05, 0.1) is 19.8 Å². The van der Waals surface area contributed by atoms with Crippen molar-refractivity contribution in [1.82, 2.24) is 0 Å². The fourth-order valence-corrected chi connectivity index (χ4v) is 0.690. The van der Waals surface area contributed by atoms with E-state index in [0.717, 1.165) is 0 Å². The third-order valence-electron chi connectivity index (χ3n) is 2.76. The zero-order valence-electron chi connectivity index (χ0n) is 14.5. The first-order chi connectivity index (χ1) is 12.6. The summed E-state index contributed by atoms with van der Waals surface area (Å²) in [6.07, 6.45) is -9.06. The lowest BCUT2D eigenvalue weighted by molar-refractivity contribution is -0.165. The van der Waals surface area contributed by atoms with Crippen LogP contribution >= 0.6 is 0 Å². The zero-order chi connectivity index (χ0) is 23.2. The van der Waals surface area contributed by atoms with Crippen molar-refractivity contribution >= 4 is 23.9 Å². The van der Waals surface area contributed by atoms with Gasteiger partial charge in [-0.1, -0.05) is 6.92 Å². The van der Waals surface area contributed by atoms with Crippen LogP contribution in [0.2, 0.25) is 0 Å². The van der Waals surface area contributed by atoms with Crippen molar-refractivity contribution < 1.29 is 75.3 Å². The molecule has 166 valence electrons. The number of aliphatic hydroxyl groups is 7. The second-order valence-corrected chi connectivity index (χ2v) is 5.42. The van der Waals surface area contributed by atoms with Crippen LogP contribution in [-0.2, 0) is 19.2 Å². The molecule has 0 fully saturated rings. The zero-order valence-corrected chi connectivity index (χ0v) is 14.5. The van der Waals surface area contributed by atoms with Crippen LogP contribution in [0.25, 0.3) is 0 Å². The van der Waals surface area contributed by atoms with E-state index in [9.17, 15) is 19.2 Å². The van der Waals surface area contributed by atoms with Gasteiger partial charge in [0, 0.05) is 5.41 Å². The number of aliphatic hydroxyl groups excluding tert-OH is 7. The minimum absolute atomic E-state index is 0.181. The Kier molecular flexibility index (Phi) is 15.9. The summed E-state index contributed by atoms with van der Waals surface area (Å²) in [5.41, 5.74) is -0.708. The molecule has 0 amide bonds. The van der Waals surface area contributed by atoms with Gasteiger partial charge >= 0.3 is 23.9 Å². The third kappa shape index (κ3) is 12.9. The SMILES string of the molecule is CC(CO)(CO)CO.O=C(O)C(O)C(O)C(=O)O.O=C(O)C(O)C(O)C(=O)O. The second kappa shape index (κ2) is 14.6. The molecule has 15 heteroatoms. The van der Waals surface area contributed by atoms with Gasteiger partial charge in [0.1, 0.15) is 0 Å². The molecule has 0 heterocycles. The number of rotatable bonds is 9. The Bertz CT molecular complexity index is 420. The van der Waals surface area contributed by atoms with Crippen molar-refractivity contribution in [3.05, 3.63) is 0 Å². The Balaban J connectivity index is -0.000000337. The van der Waals surface area contributed by atoms with Gasteiger partial charge in [0.25, 0.3) is 0 Å². The monoisotopic (exact) mass is 420 g/mol. The minimum Gasteiger partial charge on any atom is -0.479 e. The molecule has 0 spiro atoms. The fourth-order valence-electron chi connectivity index (χ4n) is 0.690. The third-order valence-corrected chi connectivity index (χ3v) is 2.76. The summed E-state index contributed by atoms with van der Waals surface area (Å²) in [7, 11) is 0. The highest BCUT2D eigenvalue weighted by atomic mass is 16.4. The predicted octanol–water partition coefficient (Wildman–Crippen LogP) is -5.28. The molecule has 0 aromatic rings. The quantitative estimate of drug-likeness (QED) is 0.166. The van der Waals surface area contributed by atoms with Crippen LogP contribution < -0.4 is 0 Å². The summed E-state index contributed by atoms with van der Waals surface area (Å²) >= 11 is 0. The van der Waals surface area contributed by atoms with Crippen LogP contribution in [0, 0.1) is 5.41 Å². The van der Waals surface area contributed by atoms with Gasteiger partial charge in [-0.2, -0.15) is 0 Å². The van der Waals surface area contributed by atoms with Crippen molar-refractivity contribution in [3.8, 4) is 0 Å². The minimum atomic E-state index is -2.27. The normalized spacial score (nSPS) is 14.7. The van der Waals surface area contributed by atoms with Crippen molar-refractivity contribution in [2.24, 2.45) is 5.41 Å². The number of carbonyl (C=O) groups is 4. The topological polar surface area (TPSA) is 291 Å². The molecule has 0 aliphatic rings. The average Bonchev–Trinajstić information content (AvgIpc) is 2.65. The largest absolute Gasteiger partial charge is 0.479 e. The standard InChI is InChI=1S/C5H12O3.2C4H6O6/c1-5(2-6,3-7)4-8;2*5-1(3(7)8)2(6)4(9)10/h6-8H,2-4H2,1H3;2*1-2,5-6H,(H,7,8)(H,9,10). The number of hydrogen-bond acceptors (Lipinski definition) is 11. The van der Waals surface area contributed by atoms with Gasteiger partial charge in [-0.25, -0.2) is 19.2 Å². The Hall–Kier alpha value is -2.40. The van der Waals surface area contributed by atoms with E-state index >= 15 is 0 Å². The molecule has 0 aromatic heterocycles. The number of hydrogen-bond donors (Lipinski definition) is 11. The van der Waals surface area contributed by atoms with Crippen LogP contribution in [0.4, 0.5) is 0 Å². The highest BCUT2D eigenvalue weighted by Crippen LogP contribution is 2.10.